The molecule has 1 heterocycles. The van der Waals surface area contributed by atoms with Crippen LogP contribution in [0.25, 0.3) is 0 Å². The van der Waals surface area contributed by atoms with Crippen molar-refractivity contribution in [1.29, 1.82) is 5.26 Å². The van der Waals surface area contributed by atoms with Crippen molar-refractivity contribution in [2.24, 2.45) is 5.92 Å². The molecule has 0 aromatic heterocycles. The Labute approximate surface area is 95.1 Å². The first-order chi connectivity index (χ1) is 7.20. The van der Waals surface area contributed by atoms with E-state index >= 15 is 0 Å². The highest BCUT2D eigenvalue weighted by atomic mass is 35.5. The van der Waals surface area contributed by atoms with Gasteiger partial charge in [-0.3, -0.25) is 0 Å². The highest BCUT2D eigenvalue weighted by Gasteiger charge is 2.20. The van der Waals surface area contributed by atoms with Gasteiger partial charge >= 0.3 is 0 Å². The number of hydrogen-bond donors (Lipinski definition) is 0. The second-order valence-corrected chi connectivity index (χ2v) is 4.53. The van der Waals surface area contributed by atoms with Crippen LogP contribution in [0.5, 0.6) is 0 Å². The van der Waals surface area contributed by atoms with E-state index in [1.54, 1.807) is 6.07 Å². The van der Waals surface area contributed by atoms with Crippen LogP contribution in [0.4, 0.5) is 5.69 Å². The third kappa shape index (κ3) is 2.08. The number of halogens is 1. The van der Waals surface area contributed by atoms with Crippen molar-refractivity contribution in [3.8, 4) is 6.07 Å². The fraction of sp³-hybridized carbons (Fsp3) is 0.417. The van der Waals surface area contributed by atoms with Gasteiger partial charge in [0.15, 0.2) is 0 Å². The first-order valence-corrected chi connectivity index (χ1v) is 5.53. The van der Waals surface area contributed by atoms with Crippen LogP contribution in [0.1, 0.15) is 18.9 Å². The number of anilines is 1. The maximum absolute atomic E-state index is 8.74. The molecule has 0 radical (unpaired) electrons. The summed E-state index contributed by atoms with van der Waals surface area (Å²) in [6.07, 6.45) is 1.22. The first-order valence-electron chi connectivity index (χ1n) is 5.15. The van der Waals surface area contributed by atoms with Gasteiger partial charge in [-0.05, 0) is 30.5 Å². The predicted molar refractivity (Wildman–Crippen MR) is 62.2 cm³/mol. The Kier molecular flexibility index (Phi) is 2.83. The van der Waals surface area contributed by atoms with Crippen LogP contribution in [-0.4, -0.2) is 13.1 Å². The van der Waals surface area contributed by atoms with Gasteiger partial charge < -0.3 is 4.90 Å². The molecule has 0 bridgehead atoms. The molecule has 1 aromatic carbocycles. The molecule has 2 rings (SSSR count). The van der Waals surface area contributed by atoms with Gasteiger partial charge in [0.25, 0.3) is 0 Å². The molecule has 0 spiro atoms. The number of nitriles is 1. The van der Waals surface area contributed by atoms with Crippen LogP contribution in [0.2, 0.25) is 5.02 Å². The minimum Gasteiger partial charge on any atom is -0.370 e. The summed E-state index contributed by atoms with van der Waals surface area (Å²) in [7, 11) is 0. The van der Waals surface area contributed by atoms with Crippen LogP contribution >= 0.6 is 11.6 Å². The highest BCUT2D eigenvalue weighted by Crippen LogP contribution is 2.30. The second kappa shape index (κ2) is 4.12. The minimum atomic E-state index is 0.621. The fourth-order valence-corrected chi connectivity index (χ4v) is 2.29. The van der Waals surface area contributed by atoms with E-state index in [0.29, 0.717) is 10.6 Å². The van der Waals surface area contributed by atoms with Gasteiger partial charge in [0.05, 0.1) is 22.3 Å². The smallest absolute Gasteiger partial charge is 0.0992 e. The molecule has 2 nitrogen and oxygen atoms in total. The Morgan fingerprint density at radius 3 is 2.87 bits per heavy atom. The Hall–Kier alpha value is -1.20. The van der Waals surface area contributed by atoms with Crippen LogP contribution in [0.15, 0.2) is 18.2 Å². The quantitative estimate of drug-likeness (QED) is 0.728. The second-order valence-electron chi connectivity index (χ2n) is 4.12. The number of nitrogens with zero attached hydrogens (tertiary/aromatic N) is 2. The number of benzene rings is 1. The molecule has 1 aliphatic rings. The Morgan fingerprint density at radius 2 is 2.33 bits per heavy atom. The molecule has 0 N–H and O–H groups in total. The lowest BCUT2D eigenvalue weighted by Crippen LogP contribution is -2.19. The van der Waals surface area contributed by atoms with Gasteiger partial charge in [0.1, 0.15) is 0 Å². The molecule has 1 aromatic rings. The van der Waals surface area contributed by atoms with Crippen molar-refractivity contribution in [1.82, 2.24) is 0 Å². The summed E-state index contributed by atoms with van der Waals surface area (Å²) in [5.74, 6) is 0.733. The molecule has 1 unspecified atom stereocenters. The lowest BCUT2D eigenvalue weighted by Gasteiger charge is -2.19. The monoisotopic (exact) mass is 220 g/mol. The molecule has 0 amide bonds. The standard InChI is InChI=1S/C12H13ClN2/c1-9-4-5-15(8-9)12-3-2-10(7-14)6-11(12)13/h2-3,6,9H,4-5,8H2,1H3. The van der Waals surface area contributed by atoms with Crippen LogP contribution in [0.3, 0.4) is 0 Å². The van der Waals surface area contributed by atoms with E-state index in [0.717, 1.165) is 24.7 Å². The summed E-state index contributed by atoms with van der Waals surface area (Å²) in [4.78, 5) is 2.29. The minimum absolute atomic E-state index is 0.621. The molecule has 1 fully saturated rings. The first kappa shape index (κ1) is 10.3. The van der Waals surface area contributed by atoms with Gasteiger partial charge in [-0.1, -0.05) is 18.5 Å². The Bertz CT molecular complexity index is 409. The molecule has 1 aliphatic heterocycles. The lowest BCUT2D eigenvalue weighted by atomic mass is 10.2. The van der Waals surface area contributed by atoms with E-state index in [9.17, 15) is 0 Å². The molecular formula is C12H13ClN2. The molecule has 3 heteroatoms. The average Bonchev–Trinajstić information content (AvgIpc) is 2.64. The molecule has 78 valence electrons. The van der Waals surface area contributed by atoms with E-state index in [2.05, 4.69) is 17.9 Å². The van der Waals surface area contributed by atoms with Crippen molar-refractivity contribution in [2.45, 2.75) is 13.3 Å². The molecule has 0 aliphatic carbocycles. The molecule has 15 heavy (non-hydrogen) atoms. The van der Waals surface area contributed by atoms with Gasteiger partial charge in [0, 0.05) is 13.1 Å². The van der Waals surface area contributed by atoms with Crippen molar-refractivity contribution >= 4 is 17.3 Å². The highest BCUT2D eigenvalue weighted by molar-refractivity contribution is 6.33. The van der Waals surface area contributed by atoms with Crippen molar-refractivity contribution in [3.63, 3.8) is 0 Å². The lowest BCUT2D eigenvalue weighted by molar-refractivity contribution is 0.659. The topological polar surface area (TPSA) is 27.0 Å². The van der Waals surface area contributed by atoms with E-state index in [4.69, 9.17) is 16.9 Å². The van der Waals surface area contributed by atoms with Gasteiger partial charge in [0.2, 0.25) is 0 Å². The summed E-state index contributed by atoms with van der Waals surface area (Å²) in [5.41, 5.74) is 1.68. The summed E-state index contributed by atoms with van der Waals surface area (Å²) in [6.45, 7) is 4.37. The average molecular weight is 221 g/mol. The Balaban J connectivity index is 2.26. The van der Waals surface area contributed by atoms with E-state index < -0.39 is 0 Å². The van der Waals surface area contributed by atoms with Crippen LogP contribution in [-0.2, 0) is 0 Å². The summed E-state index contributed by atoms with van der Waals surface area (Å²) < 4.78 is 0. The maximum Gasteiger partial charge on any atom is 0.0992 e. The zero-order chi connectivity index (χ0) is 10.8. The van der Waals surface area contributed by atoms with Gasteiger partial charge in [-0.25, -0.2) is 0 Å². The van der Waals surface area contributed by atoms with E-state index in [1.807, 2.05) is 12.1 Å². The van der Waals surface area contributed by atoms with E-state index in [1.165, 1.54) is 6.42 Å². The maximum atomic E-state index is 8.74. The fourth-order valence-electron chi connectivity index (χ4n) is 1.99. The van der Waals surface area contributed by atoms with Gasteiger partial charge in [-0.2, -0.15) is 5.26 Å². The zero-order valence-electron chi connectivity index (χ0n) is 8.70. The number of hydrogen-bond acceptors (Lipinski definition) is 2. The van der Waals surface area contributed by atoms with Gasteiger partial charge in [-0.15, -0.1) is 0 Å². The summed E-state index contributed by atoms with van der Waals surface area (Å²) in [5, 5.41) is 9.42. The van der Waals surface area contributed by atoms with Crippen molar-refractivity contribution < 1.29 is 0 Å². The zero-order valence-corrected chi connectivity index (χ0v) is 9.46. The summed E-state index contributed by atoms with van der Waals surface area (Å²) in [6, 6.07) is 7.59. The SMILES string of the molecule is CC1CCN(c2ccc(C#N)cc2Cl)C1. The normalized spacial score (nSPS) is 20.3. The molecule has 1 atom stereocenters. The largest absolute Gasteiger partial charge is 0.370 e. The third-order valence-corrected chi connectivity index (χ3v) is 3.14. The Morgan fingerprint density at radius 1 is 1.53 bits per heavy atom. The molecule has 0 saturated carbocycles. The molecule has 1 saturated heterocycles. The summed E-state index contributed by atoms with van der Waals surface area (Å²) >= 11 is 6.14. The third-order valence-electron chi connectivity index (χ3n) is 2.84. The molecular weight excluding hydrogens is 208 g/mol. The van der Waals surface area contributed by atoms with Crippen molar-refractivity contribution in [2.75, 3.05) is 18.0 Å². The predicted octanol–water partition coefficient (Wildman–Crippen LogP) is 3.06. The van der Waals surface area contributed by atoms with E-state index in [-0.39, 0.29) is 0 Å². The van der Waals surface area contributed by atoms with Crippen LogP contribution < -0.4 is 4.90 Å². The van der Waals surface area contributed by atoms with Crippen molar-refractivity contribution in [3.05, 3.63) is 28.8 Å². The number of rotatable bonds is 1. The van der Waals surface area contributed by atoms with Crippen LogP contribution in [0, 0.1) is 17.2 Å².